The van der Waals surface area contributed by atoms with E-state index in [2.05, 4.69) is 14.5 Å². The second-order valence-electron chi connectivity index (χ2n) is 8.89. The second kappa shape index (κ2) is 9.71. The van der Waals surface area contributed by atoms with E-state index in [1.165, 1.54) is 5.69 Å². The summed E-state index contributed by atoms with van der Waals surface area (Å²) >= 11 is 0. The number of carbonyl (C=O) groups is 1. The van der Waals surface area contributed by atoms with Gasteiger partial charge in [0.05, 0.1) is 24.0 Å². The van der Waals surface area contributed by atoms with E-state index in [-0.39, 0.29) is 11.7 Å². The number of hydrogen-bond acceptors (Lipinski definition) is 5. The number of likely N-dealkylation sites (N-methyl/N-ethyl adjacent to an activating group) is 1. The first kappa shape index (κ1) is 23.5. The average molecular weight is 458 g/mol. The Morgan fingerprint density at radius 1 is 1.12 bits per heavy atom. The van der Waals surface area contributed by atoms with Crippen LogP contribution in [0.15, 0.2) is 12.1 Å². The average Bonchev–Trinajstić information content (AvgIpc) is 3.21. The van der Waals surface area contributed by atoms with Crippen LogP contribution in [0.1, 0.15) is 56.5 Å². The fourth-order valence-corrected chi connectivity index (χ4v) is 5.03. The van der Waals surface area contributed by atoms with Crippen molar-refractivity contribution in [2.45, 2.75) is 59.5 Å². The molecule has 1 aromatic carbocycles. The maximum Gasteiger partial charge on any atom is 0.219 e. The molecule has 33 heavy (non-hydrogen) atoms. The first-order valence-corrected chi connectivity index (χ1v) is 12.2. The highest BCUT2D eigenvalue weighted by Gasteiger charge is 2.34. The first-order valence-electron chi connectivity index (χ1n) is 12.2. The topological polar surface area (TPSA) is 53.8 Å². The molecule has 1 amide bonds. The van der Waals surface area contributed by atoms with Crippen molar-refractivity contribution in [2.75, 3.05) is 49.7 Å². The van der Waals surface area contributed by atoms with Gasteiger partial charge in [0.15, 0.2) is 5.82 Å². The first-order chi connectivity index (χ1) is 15.9. The molecule has 0 aliphatic carbocycles. The Kier molecular flexibility index (Phi) is 6.93. The Bertz CT molecular complexity index is 1010. The van der Waals surface area contributed by atoms with Crippen LogP contribution in [0.4, 0.5) is 21.6 Å². The maximum absolute atomic E-state index is 14.6. The highest BCUT2D eigenvalue weighted by molar-refractivity contribution is 5.80. The SMILES string of the molecule is CC.CC(=O)N1CCc2c(c(N3CCN(C)c4cc(C)c(F)cc43)nn2C2CCOCC2)C1. The zero-order valence-electron chi connectivity index (χ0n) is 20.5. The molecule has 0 bridgehead atoms. The molecule has 0 saturated carbocycles. The molecule has 0 N–H and O–H groups in total. The number of fused-ring (bicyclic) bond motifs is 2. The van der Waals surface area contributed by atoms with Gasteiger partial charge in [-0.05, 0) is 37.5 Å². The molecule has 3 aliphatic heterocycles. The van der Waals surface area contributed by atoms with Crippen molar-refractivity contribution >= 4 is 23.1 Å². The van der Waals surface area contributed by atoms with E-state index in [0.717, 1.165) is 68.3 Å². The van der Waals surface area contributed by atoms with E-state index in [9.17, 15) is 9.18 Å². The lowest BCUT2D eigenvalue weighted by Gasteiger charge is -2.37. The van der Waals surface area contributed by atoms with Gasteiger partial charge in [0, 0.05) is 64.5 Å². The standard InChI is InChI=1S/C23H30FN5O2.C2H6/c1-15-12-21-22(13-19(15)24)28(9-8-26(21)3)23-18-14-27(16(2)30)7-4-20(18)29(25-23)17-5-10-31-11-6-17;1-2/h12-13,17H,4-11,14H2,1-3H3;1-2H3. The number of aryl methyl sites for hydroxylation is 1. The number of carbonyl (C=O) groups excluding carboxylic acids is 1. The van der Waals surface area contributed by atoms with Gasteiger partial charge >= 0.3 is 0 Å². The highest BCUT2D eigenvalue weighted by Crippen LogP contribution is 2.42. The zero-order chi connectivity index (χ0) is 23.7. The Labute approximate surface area is 196 Å². The number of nitrogens with zero attached hydrogens (tertiary/aromatic N) is 5. The summed E-state index contributed by atoms with van der Waals surface area (Å²) in [6.07, 6.45) is 2.68. The lowest BCUT2D eigenvalue weighted by molar-refractivity contribution is -0.129. The number of hydrogen-bond donors (Lipinski definition) is 0. The molecule has 7 nitrogen and oxygen atoms in total. The van der Waals surface area contributed by atoms with Crippen molar-refractivity contribution in [3.63, 3.8) is 0 Å². The van der Waals surface area contributed by atoms with Crippen LogP contribution in [0, 0.1) is 12.7 Å². The monoisotopic (exact) mass is 457 g/mol. The van der Waals surface area contributed by atoms with E-state index < -0.39 is 0 Å². The van der Waals surface area contributed by atoms with Gasteiger partial charge in [-0.25, -0.2) is 4.39 Å². The minimum Gasteiger partial charge on any atom is -0.381 e. The second-order valence-corrected chi connectivity index (χ2v) is 8.89. The van der Waals surface area contributed by atoms with Crippen LogP contribution in [-0.2, 0) is 22.5 Å². The number of anilines is 3. The summed E-state index contributed by atoms with van der Waals surface area (Å²) in [7, 11) is 2.04. The fourth-order valence-electron chi connectivity index (χ4n) is 5.03. The molecular formula is C25H36FN5O2. The van der Waals surface area contributed by atoms with Crippen LogP contribution in [0.3, 0.4) is 0 Å². The summed E-state index contributed by atoms with van der Waals surface area (Å²) in [6.45, 7) is 11.7. The van der Waals surface area contributed by atoms with Gasteiger partial charge in [-0.2, -0.15) is 5.10 Å². The minimum absolute atomic E-state index is 0.0795. The lowest BCUT2D eigenvalue weighted by atomic mass is 10.0. The largest absolute Gasteiger partial charge is 0.381 e. The van der Waals surface area contributed by atoms with E-state index in [4.69, 9.17) is 9.84 Å². The van der Waals surface area contributed by atoms with Gasteiger partial charge < -0.3 is 19.4 Å². The van der Waals surface area contributed by atoms with E-state index in [1.807, 2.05) is 31.9 Å². The van der Waals surface area contributed by atoms with Crippen molar-refractivity contribution in [2.24, 2.45) is 0 Å². The molecule has 1 fully saturated rings. The molecule has 0 radical (unpaired) electrons. The number of amides is 1. The van der Waals surface area contributed by atoms with Gasteiger partial charge in [0.2, 0.25) is 5.91 Å². The van der Waals surface area contributed by atoms with Crippen LogP contribution < -0.4 is 9.80 Å². The Balaban J connectivity index is 0.00000126. The number of rotatable bonds is 2. The molecule has 8 heteroatoms. The van der Waals surface area contributed by atoms with Gasteiger partial charge in [0.25, 0.3) is 0 Å². The Morgan fingerprint density at radius 2 is 1.85 bits per heavy atom. The van der Waals surface area contributed by atoms with Crippen molar-refractivity contribution in [3.8, 4) is 0 Å². The summed E-state index contributed by atoms with van der Waals surface area (Å²) in [5.41, 5.74) is 4.82. The minimum atomic E-state index is -0.206. The van der Waals surface area contributed by atoms with Crippen LogP contribution in [-0.4, -0.2) is 60.5 Å². The third-order valence-electron chi connectivity index (χ3n) is 6.92. The van der Waals surface area contributed by atoms with Crippen molar-refractivity contribution < 1.29 is 13.9 Å². The van der Waals surface area contributed by atoms with Crippen LogP contribution in [0.5, 0.6) is 0 Å². The molecule has 5 rings (SSSR count). The molecule has 0 spiro atoms. The number of halogens is 1. The van der Waals surface area contributed by atoms with E-state index in [1.54, 1.807) is 19.9 Å². The number of ether oxygens (including phenoxy) is 1. The third kappa shape index (κ3) is 4.33. The smallest absolute Gasteiger partial charge is 0.219 e. The van der Waals surface area contributed by atoms with E-state index >= 15 is 0 Å². The normalized spacial score (nSPS) is 18.4. The van der Waals surface area contributed by atoms with Crippen molar-refractivity contribution in [1.29, 1.82) is 0 Å². The Hall–Kier alpha value is -2.61. The predicted octanol–water partition coefficient (Wildman–Crippen LogP) is 4.20. The quantitative estimate of drug-likeness (QED) is 0.677. The van der Waals surface area contributed by atoms with Crippen LogP contribution in [0.25, 0.3) is 0 Å². The van der Waals surface area contributed by atoms with E-state index in [0.29, 0.717) is 24.7 Å². The summed E-state index contributed by atoms with van der Waals surface area (Å²) < 4.78 is 22.3. The molecule has 1 saturated heterocycles. The molecule has 180 valence electrons. The van der Waals surface area contributed by atoms with Crippen LogP contribution >= 0.6 is 0 Å². The molecule has 0 atom stereocenters. The maximum atomic E-state index is 14.6. The molecule has 3 aliphatic rings. The fraction of sp³-hybridized carbons (Fsp3) is 0.600. The third-order valence-corrected chi connectivity index (χ3v) is 6.92. The number of benzene rings is 1. The molecule has 0 unspecified atom stereocenters. The summed E-state index contributed by atoms with van der Waals surface area (Å²) in [4.78, 5) is 18.3. The van der Waals surface area contributed by atoms with Crippen LogP contribution in [0.2, 0.25) is 0 Å². The molecule has 4 heterocycles. The summed E-state index contributed by atoms with van der Waals surface area (Å²) in [6, 6.07) is 3.86. The van der Waals surface area contributed by atoms with Crippen molar-refractivity contribution in [3.05, 3.63) is 34.8 Å². The molecule has 2 aromatic rings. The lowest BCUT2D eigenvalue weighted by Crippen LogP contribution is -2.38. The van der Waals surface area contributed by atoms with Gasteiger partial charge in [0.1, 0.15) is 5.82 Å². The summed E-state index contributed by atoms with van der Waals surface area (Å²) in [5.74, 6) is 0.739. The summed E-state index contributed by atoms with van der Waals surface area (Å²) in [5, 5.41) is 5.12. The number of aromatic nitrogens is 2. The molecular weight excluding hydrogens is 421 g/mol. The van der Waals surface area contributed by atoms with Gasteiger partial charge in [-0.3, -0.25) is 9.48 Å². The Morgan fingerprint density at radius 3 is 2.55 bits per heavy atom. The predicted molar refractivity (Wildman–Crippen MR) is 129 cm³/mol. The van der Waals surface area contributed by atoms with Gasteiger partial charge in [-0.15, -0.1) is 0 Å². The highest BCUT2D eigenvalue weighted by atomic mass is 19.1. The van der Waals surface area contributed by atoms with Gasteiger partial charge in [-0.1, -0.05) is 13.8 Å². The zero-order valence-corrected chi connectivity index (χ0v) is 20.5. The molecule has 1 aromatic heterocycles. The van der Waals surface area contributed by atoms with Crippen molar-refractivity contribution in [1.82, 2.24) is 14.7 Å².